The second kappa shape index (κ2) is 6.45. The summed E-state index contributed by atoms with van der Waals surface area (Å²) in [6, 6.07) is 0. The molecule has 2 radical (unpaired) electrons. The van der Waals surface area contributed by atoms with Crippen LogP contribution in [-0.2, 0) is 8.83 Å². The molecule has 0 aromatic carbocycles. The molecule has 0 fully saturated rings. The molecule has 0 aromatic heterocycles. The first-order chi connectivity index (χ1) is 3.41. The van der Waals surface area contributed by atoms with Gasteiger partial charge in [-0.15, -0.1) is 0 Å². The van der Waals surface area contributed by atoms with Crippen molar-refractivity contribution in [1.82, 2.24) is 0 Å². The summed E-state index contributed by atoms with van der Waals surface area (Å²) in [7, 11) is 0. The molecule has 0 aliphatic carbocycles. The highest BCUT2D eigenvalue weighted by molar-refractivity contribution is 5.97. The third-order valence-corrected chi connectivity index (χ3v) is 0.785. The van der Waals surface area contributed by atoms with Crippen LogP contribution >= 0.6 is 0 Å². The van der Waals surface area contributed by atoms with Crippen molar-refractivity contribution >= 4 is 16.6 Å². The summed E-state index contributed by atoms with van der Waals surface area (Å²) in [6.45, 7) is 2.80. The molecule has 0 bridgehead atoms. The Bertz CT molecular complexity index is 28.9. The second-order valence-electron chi connectivity index (χ2n) is 1.27. The summed E-state index contributed by atoms with van der Waals surface area (Å²) in [5, 5.41) is 0. The fourth-order valence-electron chi connectivity index (χ4n) is 0.251. The van der Waals surface area contributed by atoms with Gasteiger partial charge in [0.05, 0.1) is 6.61 Å². The molecule has 0 atom stereocenters. The van der Waals surface area contributed by atoms with Gasteiger partial charge in [-0.05, 0) is 6.42 Å². The molecule has 0 aliphatic heterocycles. The van der Waals surface area contributed by atoms with Crippen molar-refractivity contribution in [2.75, 3.05) is 6.61 Å². The Hall–Kier alpha value is 0.452. The highest BCUT2D eigenvalue weighted by atomic mass is 27.1. The Morgan fingerprint density at radius 1 is 1.57 bits per heavy atom. The first-order valence-corrected chi connectivity index (χ1v) is 2.87. The maximum absolute atomic E-state index is 4.54. The van der Waals surface area contributed by atoms with E-state index in [2.05, 4.69) is 15.8 Å². The molecule has 2 nitrogen and oxygen atoms in total. The summed E-state index contributed by atoms with van der Waals surface area (Å²) >= 11 is 2.03. The lowest BCUT2D eigenvalue weighted by molar-refractivity contribution is -0.204. The smallest absolute Gasteiger partial charge is 0.398 e. The van der Waals surface area contributed by atoms with Gasteiger partial charge >= 0.3 is 16.6 Å². The quantitative estimate of drug-likeness (QED) is 0.234. The van der Waals surface area contributed by atoms with Crippen LogP contribution in [0.5, 0.6) is 0 Å². The van der Waals surface area contributed by atoms with E-state index in [0.29, 0.717) is 6.61 Å². The summed E-state index contributed by atoms with van der Waals surface area (Å²) < 4.78 is 4.26. The van der Waals surface area contributed by atoms with Crippen molar-refractivity contribution in [3.8, 4) is 0 Å². The molecule has 7 heavy (non-hydrogen) atoms. The number of unbranched alkanes of at least 4 members (excludes halogenated alkanes) is 1. The van der Waals surface area contributed by atoms with Gasteiger partial charge in [-0.3, -0.25) is 4.89 Å². The van der Waals surface area contributed by atoms with Gasteiger partial charge in [0.25, 0.3) is 0 Å². The van der Waals surface area contributed by atoms with Crippen LogP contribution in [0.3, 0.4) is 0 Å². The molecule has 0 aliphatic rings. The zero-order valence-corrected chi connectivity index (χ0v) is 5.67. The van der Waals surface area contributed by atoms with Gasteiger partial charge in [0.1, 0.15) is 0 Å². The number of hydrogen-bond acceptors (Lipinski definition) is 2. The van der Waals surface area contributed by atoms with E-state index < -0.39 is 0 Å². The number of hydrogen-bond donors (Lipinski definition) is 0. The minimum Gasteiger partial charge on any atom is -0.398 e. The maximum atomic E-state index is 4.54. The van der Waals surface area contributed by atoms with Gasteiger partial charge in [0.15, 0.2) is 0 Å². The molecular formula is C4H9AlO2. The van der Waals surface area contributed by atoms with E-state index in [1.807, 2.05) is 16.6 Å². The van der Waals surface area contributed by atoms with Gasteiger partial charge in [-0.1, -0.05) is 13.3 Å². The van der Waals surface area contributed by atoms with Crippen LogP contribution < -0.4 is 0 Å². The molecule has 0 amide bonds. The average Bonchev–Trinajstić information content (AvgIpc) is 1.69. The second-order valence-corrected chi connectivity index (χ2v) is 1.46. The fraction of sp³-hybridized carbons (Fsp3) is 1.00. The highest BCUT2D eigenvalue weighted by Crippen LogP contribution is 1.85. The molecule has 0 aromatic rings. The van der Waals surface area contributed by atoms with E-state index >= 15 is 0 Å². The Kier molecular flexibility index (Phi) is 6.87. The van der Waals surface area contributed by atoms with Crippen LogP contribution in [-0.4, -0.2) is 23.2 Å². The van der Waals surface area contributed by atoms with Gasteiger partial charge in [0.2, 0.25) is 0 Å². The summed E-state index contributed by atoms with van der Waals surface area (Å²) in [6.07, 6.45) is 2.21. The molecule has 0 saturated heterocycles. The normalized spacial score (nSPS) is 9.29. The standard InChI is InChI=1S/C4H10O2.Al/c1-2-3-4-6-5;/h5H,2-4H2,1H3;/q;+1/p-1. The summed E-state index contributed by atoms with van der Waals surface area (Å²) in [5.41, 5.74) is 0. The van der Waals surface area contributed by atoms with Crippen molar-refractivity contribution in [3.05, 3.63) is 0 Å². The molecule has 40 valence electrons. The van der Waals surface area contributed by atoms with Crippen LogP contribution in [0.1, 0.15) is 19.8 Å². The van der Waals surface area contributed by atoms with Gasteiger partial charge in [-0.25, -0.2) is 0 Å². The van der Waals surface area contributed by atoms with Crippen LogP contribution in [0.4, 0.5) is 0 Å². The van der Waals surface area contributed by atoms with E-state index in [1.165, 1.54) is 0 Å². The lowest BCUT2D eigenvalue weighted by Crippen LogP contribution is -1.91. The van der Waals surface area contributed by atoms with Crippen LogP contribution in [0, 0.1) is 0 Å². The SMILES string of the molecule is CCCCO[O][Al]. The topological polar surface area (TPSA) is 18.5 Å². The molecule has 0 saturated carbocycles. The van der Waals surface area contributed by atoms with Gasteiger partial charge in [0, 0.05) is 0 Å². The lowest BCUT2D eigenvalue weighted by Gasteiger charge is -1.96. The Labute approximate surface area is 52.5 Å². The minimum absolute atomic E-state index is 0.694. The summed E-state index contributed by atoms with van der Waals surface area (Å²) in [5.74, 6) is 0. The van der Waals surface area contributed by atoms with E-state index in [0.717, 1.165) is 12.8 Å². The zero-order chi connectivity index (χ0) is 5.54. The molecule has 0 spiro atoms. The van der Waals surface area contributed by atoms with Crippen LogP contribution in [0.25, 0.3) is 0 Å². The molecule has 3 heteroatoms. The largest absolute Gasteiger partial charge is 0.436 e. The fourth-order valence-corrected chi connectivity index (χ4v) is 0.348. The third kappa shape index (κ3) is 6.45. The maximum Gasteiger partial charge on any atom is 0.436 e. The van der Waals surface area contributed by atoms with E-state index in [1.54, 1.807) is 0 Å². The summed E-state index contributed by atoms with van der Waals surface area (Å²) in [4.78, 5) is 4.54. The van der Waals surface area contributed by atoms with Crippen molar-refractivity contribution in [2.24, 2.45) is 0 Å². The Morgan fingerprint density at radius 3 is 2.71 bits per heavy atom. The Balaban J connectivity index is 2.45. The molecule has 0 rings (SSSR count). The highest BCUT2D eigenvalue weighted by Gasteiger charge is 1.79. The van der Waals surface area contributed by atoms with Crippen LogP contribution in [0.15, 0.2) is 0 Å². The van der Waals surface area contributed by atoms with E-state index in [4.69, 9.17) is 0 Å². The third-order valence-electron chi connectivity index (χ3n) is 0.649. The molecule has 0 unspecified atom stereocenters. The first-order valence-electron chi connectivity index (χ1n) is 2.40. The zero-order valence-electron chi connectivity index (χ0n) is 4.52. The van der Waals surface area contributed by atoms with Gasteiger partial charge in [-0.2, -0.15) is 0 Å². The van der Waals surface area contributed by atoms with E-state index in [-0.39, 0.29) is 0 Å². The van der Waals surface area contributed by atoms with Crippen molar-refractivity contribution in [2.45, 2.75) is 19.8 Å². The average molecular weight is 116 g/mol. The predicted molar refractivity (Wildman–Crippen MR) is 27.7 cm³/mol. The van der Waals surface area contributed by atoms with Crippen molar-refractivity contribution in [3.63, 3.8) is 0 Å². The molecule has 0 N–H and O–H groups in total. The van der Waals surface area contributed by atoms with Crippen LogP contribution in [0.2, 0.25) is 0 Å². The predicted octanol–water partition coefficient (Wildman–Crippen LogP) is 0.818. The number of rotatable bonds is 4. The minimum atomic E-state index is 0.694. The van der Waals surface area contributed by atoms with Gasteiger partial charge < -0.3 is 3.94 Å². The molecular weight excluding hydrogens is 107 g/mol. The Morgan fingerprint density at radius 2 is 2.29 bits per heavy atom. The lowest BCUT2D eigenvalue weighted by atomic mass is 10.4. The van der Waals surface area contributed by atoms with E-state index in [9.17, 15) is 0 Å². The molecule has 0 heterocycles. The monoisotopic (exact) mass is 116 g/mol. The van der Waals surface area contributed by atoms with Crippen molar-refractivity contribution < 1.29 is 8.83 Å². The first kappa shape index (κ1) is 7.45. The van der Waals surface area contributed by atoms with Crippen molar-refractivity contribution in [1.29, 1.82) is 0 Å².